The average Bonchev–Trinajstić information content (AvgIpc) is 3.16. The predicted octanol–water partition coefficient (Wildman–Crippen LogP) is 5.45. The van der Waals surface area contributed by atoms with Crippen molar-refractivity contribution in [1.82, 2.24) is 9.55 Å². The lowest BCUT2D eigenvalue weighted by Crippen LogP contribution is -2.43. The average molecular weight is 367 g/mol. The van der Waals surface area contributed by atoms with Crippen LogP contribution in [0.2, 0.25) is 0 Å². The first-order chi connectivity index (χ1) is 12.7. The molecule has 0 bridgehead atoms. The maximum absolute atomic E-state index is 13.8. The molecule has 0 unspecified atom stereocenters. The van der Waals surface area contributed by atoms with Crippen molar-refractivity contribution in [1.29, 1.82) is 0 Å². The second-order valence-corrected chi connectivity index (χ2v) is 8.86. The van der Waals surface area contributed by atoms with Crippen molar-refractivity contribution < 1.29 is 0 Å². The van der Waals surface area contributed by atoms with Crippen LogP contribution in [0.1, 0.15) is 75.0 Å². The largest absolute Gasteiger partial charge is 0.331 e. The molecule has 1 aromatic carbocycles. The van der Waals surface area contributed by atoms with E-state index in [-0.39, 0.29) is 17.0 Å². The standard InChI is InChI=1S/C22H26N2OS/c25-20-18-19(23-21(26)24(20)16-9-3-4-10-16)17-11-5-2-8-15(17)14-22(18)12-6-1-7-13-22/h2,5,8,11,16H,1,3-4,6-7,9-10,12-14H2,(H,23,26). The molecule has 0 saturated heterocycles. The molecule has 2 fully saturated rings. The maximum Gasteiger partial charge on any atom is 0.258 e. The molecule has 26 heavy (non-hydrogen) atoms. The third-order valence-electron chi connectivity index (χ3n) is 6.98. The van der Waals surface area contributed by atoms with E-state index >= 15 is 0 Å². The lowest BCUT2D eigenvalue weighted by atomic mass is 9.62. The van der Waals surface area contributed by atoms with E-state index in [1.807, 2.05) is 4.57 Å². The highest BCUT2D eigenvalue weighted by molar-refractivity contribution is 7.71. The molecule has 1 aromatic heterocycles. The first-order valence-electron chi connectivity index (χ1n) is 10.2. The fraction of sp³-hybridized carbons (Fsp3) is 0.545. The highest BCUT2D eigenvalue weighted by atomic mass is 32.1. The summed E-state index contributed by atoms with van der Waals surface area (Å²) in [5.41, 5.74) is 4.80. The quantitative estimate of drug-likeness (QED) is 0.682. The minimum absolute atomic E-state index is 0.00108. The van der Waals surface area contributed by atoms with Crippen LogP contribution in [-0.2, 0) is 11.8 Å². The molecule has 0 radical (unpaired) electrons. The van der Waals surface area contributed by atoms with Crippen LogP contribution in [0, 0.1) is 4.77 Å². The number of rotatable bonds is 1. The van der Waals surface area contributed by atoms with Gasteiger partial charge in [0.15, 0.2) is 4.77 Å². The zero-order valence-corrected chi connectivity index (χ0v) is 16.0. The van der Waals surface area contributed by atoms with Gasteiger partial charge in [-0.2, -0.15) is 0 Å². The van der Waals surface area contributed by atoms with Crippen molar-refractivity contribution in [3.8, 4) is 11.3 Å². The summed E-state index contributed by atoms with van der Waals surface area (Å²) in [6.07, 6.45) is 11.6. The number of nitrogens with one attached hydrogen (secondary N) is 1. The van der Waals surface area contributed by atoms with Gasteiger partial charge in [-0.05, 0) is 49.9 Å². The van der Waals surface area contributed by atoms with Gasteiger partial charge in [-0.25, -0.2) is 0 Å². The molecule has 0 amide bonds. The van der Waals surface area contributed by atoms with Crippen LogP contribution in [-0.4, -0.2) is 9.55 Å². The van der Waals surface area contributed by atoms with Gasteiger partial charge in [0.2, 0.25) is 0 Å². The van der Waals surface area contributed by atoms with E-state index in [1.165, 1.54) is 43.2 Å². The number of hydrogen-bond donors (Lipinski definition) is 1. The van der Waals surface area contributed by atoms with Crippen LogP contribution in [0.25, 0.3) is 11.3 Å². The van der Waals surface area contributed by atoms with Crippen LogP contribution < -0.4 is 5.56 Å². The van der Waals surface area contributed by atoms with Gasteiger partial charge in [0.05, 0.1) is 5.69 Å². The molecule has 3 aliphatic carbocycles. The van der Waals surface area contributed by atoms with Crippen LogP contribution in [0.4, 0.5) is 0 Å². The van der Waals surface area contributed by atoms with Gasteiger partial charge in [0.25, 0.3) is 5.56 Å². The van der Waals surface area contributed by atoms with E-state index in [2.05, 4.69) is 29.2 Å². The van der Waals surface area contributed by atoms with Crippen molar-refractivity contribution in [2.24, 2.45) is 0 Å². The smallest absolute Gasteiger partial charge is 0.258 e. The Morgan fingerprint density at radius 2 is 1.77 bits per heavy atom. The van der Waals surface area contributed by atoms with Gasteiger partial charge >= 0.3 is 0 Å². The predicted molar refractivity (Wildman–Crippen MR) is 107 cm³/mol. The molecule has 1 heterocycles. The van der Waals surface area contributed by atoms with Crippen LogP contribution in [0.5, 0.6) is 0 Å². The Morgan fingerprint density at radius 3 is 2.54 bits per heavy atom. The van der Waals surface area contributed by atoms with E-state index in [9.17, 15) is 4.79 Å². The first kappa shape index (κ1) is 16.5. The molecule has 136 valence electrons. The molecule has 3 aliphatic rings. The zero-order chi connectivity index (χ0) is 17.7. The van der Waals surface area contributed by atoms with Crippen molar-refractivity contribution in [3.63, 3.8) is 0 Å². The van der Waals surface area contributed by atoms with Crippen molar-refractivity contribution >= 4 is 12.2 Å². The van der Waals surface area contributed by atoms with Gasteiger partial charge < -0.3 is 4.98 Å². The van der Waals surface area contributed by atoms with Gasteiger partial charge in [0, 0.05) is 22.6 Å². The van der Waals surface area contributed by atoms with E-state index in [0.717, 1.165) is 43.4 Å². The lowest BCUT2D eigenvalue weighted by molar-refractivity contribution is 0.281. The van der Waals surface area contributed by atoms with Gasteiger partial charge in [-0.15, -0.1) is 0 Å². The van der Waals surface area contributed by atoms with Crippen molar-refractivity contribution in [2.75, 3.05) is 0 Å². The number of benzene rings is 1. The molecular formula is C22H26N2OS. The first-order valence-corrected chi connectivity index (χ1v) is 10.6. The van der Waals surface area contributed by atoms with E-state index in [0.29, 0.717) is 4.77 Å². The topological polar surface area (TPSA) is 37.8 Å². The summed E-state index contributed by atoms with van der Waals surface area (Å²) >= 11 is 5.69. The van der Waals surface area contributed by atoms with E-state index < -0.39 is 0 Å². The Bertz CT molecular complexity index is 959. The Balaban J connectivity index is 1.80. The Kier molecular flexibility index (Phi) is 3.93. The summed E-state index contributed by atoms with van der Waals surface area (Å²) in [7, 11) is 0. The summed E-state index contributed by atoms with van der Waals surface area (Å²) in [4.78, 5) is 17.3. The Labute approximate surface area is 159 Å². The van der Waals surface area contributed by atoms with Gasteiger partial charge in [-0.1, -0.05) is 56.4 Å². The SMILES string of the molecule is O=c1c2c([nH]c(=S)n1C1CCCC1)-c1ccccc1CC21CCCCC1. The molecule has 5 rings (SSSR count). The third kappa shape index (κ3) is 2.38. The monoisotopic (exact) mass is 366 g/mol. The third-order valence-corrected chi connectivity index (χ3v) is 7.28. The second-order valence-electron chi connectivity index (χ2n) is 8.47. The van der Waals surface area contributed by atoms with Gasteiger partial charge in [-0.3, -0.25) is 9.36 Å². The summed E-state index contributed by atoms with van der Waals surface area (Å²) in [5.74, 6) is 0. The number of H-pyrrole nitrogens is 1. The summed E-state index contributed by atoms with van der Waals surface area (Å²) < 4.78 is 2.55. The summed E-state index contributed by atoms with van der Waals surface area (Å²) in [6, 6.07) is 8.85. The number of fused-ring (bicyclic) bond motifs is 4. The molecule has 0 aliphatic heterocycles. The highest BCUT2D eigenvalue weighted by Crippen LogP contribution is 2.48. The Hall–Kier alpha value is -1.68. The van der Waals surface area contributed by atoms with Crippen molar-refractivity contribution in [2.45, 2.75) is 75.7 Å². The number of hydrogen-bond acceptors (Lipinski definition) is 2. The van der Waals surface area contributed by atoms with Crippen LogP contribution in [0.3, 0.4) is 0 Å². The number of nitrogens with zero attached hydrogens (tertiary/aromatic N) is 1. The summed E-state index contributed by atoms with van der Waals surface area (Å²) in [5, 5.41) is 0. The number of aromatic nitrogens is 2. The van der Waals surface area contributed by atoms with Crippen LogP contribution in [0.15, 0.2) is 29.1 Å². The minimum atomic E-state index is -0.00108. The minimum Gasteiger partial charge on any atom is -0.331 e. The van der Waals surface area contributed by atoms with Crippen LogP contribution >= 0.6 is 12.2 Å². The van der Waals surface area contributed by atoms with E-state index in [1.54, 1.807) is 0 Å². The van der Waals surface area contributed by atoms with E-state index in [4.69, 9.17) is 12.2 Å². The fourth-order valence-corrected chi connectivity index (χ4v) is 6.10. The molecule has 4 heteroatoms. The van der Waals surface area contributed by atoms with Crippen molar-refractivity contribution in [3.05, 3.63) is 50.5 Å². The molecule has 3 nitrogen and oxygen atoms in total. The zero-order valence-electron chi connectivity index (χ0n) is 15.2. The molecule has 2 aromatic rings. The second kappa shape index (κ2) is 6.19. The fourth-order valence-electron chi connectivity index (χ4n) is 5.76. The maximum atomic E-state index is 13.8. The normalized spacial score (nSPS) is 21.5. The molecule has 0 atom stereocenters. The molecule has 1 spiro atoms. The lowest BCUT2D eigenvalue weighted by Gasteiger charge is -2.42. The number of aromatic amines is 1. The summed E-state index contributed by atoms with van der Waals surface area (Å²) in [6.45, 7) is 0. The van der Waals surface area contributed by atoms with Gasteiger partial charge in [0.1, 0.15) is 0 Å². The molecule has 2 saturated carbocycles. The highest BCUT2D eigenvalue weighted by Gasteiger charge is 2.43. The molecule has 1 N–H and O–H groups in total. The Morgan fingerprint density at radius 1 is 1.04 bits per heavy atom. The molecular weight excluding hydrogens is 340 g/mol.